The number of fused-ring (bicyclic) bond motifs is 1. The van der Waals surface area contributed by atoms with Crippen molar-refractivity contribution in [1.82, 2.24) is 4.98 Å². The van der Waals surface area contributed by atoms with E-state index in [0.717, 1.165) is 5.39 Å². The molecule has 3 nitrogen and oxygen atoms in total. The Labute approximate surface area is 85.9 Å². The van der Waals surface area contributed by atoms with Gasteiger partial charge >= 0.3 is 0 Å². The lowest BCUT2D eigenvalue weighted by Crippen LogP contribution is -2.06. The molecule has 2 aromatic rings. The zero-order valence-corrected chi connectivity index (χ0v) is 8.12. The Morgan fingerprint density at radius 3 is 2.87 bits per heavy atom. The molecule has 0 unspecified atom stereocenters. The van der Waals surface area contributed by atoms with Gasteiger partial charge in [0.2, 0.25) is 5.91 Å². The number of carbonyl (C=O) groups excluding carboxylic acids is 1. The molecule has 2 rings (SSSR count). The number of nitrogens with zero attached hydrogens (tertiary/aromatic N) is 1. The fraction of sp³-hybridized carbons (Fsp3) is 0.0909. The van der Waals surface area contributed by atoms with E-state index < -0.39 is 0 Å². The number of hydrogen-bond donors (Lipinski definition) is 1. The van der Waals surface area contributed by atoms with E-state index in [1.807, 2.05) is 0 Å². The van der Waals surface area contributed by atoms with E-state index in [-0.39, 0.29) is 11.7 Å². The van der Waals surface area contributed by atoms with Crippen LogP contribution in [0.2, 0.25) is 0 Å². The highest BCUT2D eigenvalue weighted by Crippen LogP contribution is 2.17. The fourth-order valence-electron chi connectivity index (χ4n) is 1.36. The van der Waals surface area contributed by atoms with Crippen molar-refractivity contribution in [2.45, 2.75) is 6.92 Å². The number of pyridine rings is 1. The quantitative estimate of drug-likeness (QED) is 0.774. The Morgan fingerprint density at radius 2 is 2.13 bits per heavy atom. The summed E-state index contributed by atoms with van der Waals surface area (Å²) in [5, 5.41) is 4.10. The summed E-state index contributed by atoms with van der Waals surface area (Å²) in [5.41, 5.74) is 0. The minimum Gasteiger partial charge on any atom is -0.311 e. The van der Waals surface area contributed by atoms with Gasteiger partial charge in [-0.05, 0) is 29.7 Å². The highest BCUT2D eigenvalue weighted by atomic mass is 19.1. The third-order valence-electron chi connectivity index (χ3n) is 1.99. The maximum absolute atomic E-state index is 12.9. The van der Waals surface area contributed by atoms with Crippen LogP contribution in [-0.4, -0.2) is 10.9 Å². The first kappa shape index (κ1) is 9.58. The molecular formula is C11H9FN2O. The molecule has 15 heavy (non-hydrogen) atoms. The van der Waals surface area contributed by atoms with Gasteiger partial charge in [-0.25, -0.2) is 9.37 Å². The molecule has 1 aromatic carbocycles. The molecule has 0 fully saturated rings. The van der Waals surface area contributed by atoms with Gasteiger partial charge in [0.15, 0.2) is 0 Å². The molecule has 0 atom stereocenters. The molecule has 0 spiro atoms. The van der Waals surface area contributed by atoms with Gasteiger partial charge in [0.1, 0.15) is 11.6 Å². The van der Waals surface area contributed by atoms with E-state index in [0.29, 0.717) is 11.2 Å². The molecule has 1 heterocycles. The predicted octanol–water partition coefficient (Wildman–Crippen LogP) is 2.33. The Morgan fingerprint density at radius 1 is 1.33 bits per heavy atom. The van der Waals surface area contributed by atoms with Crippen LogP contribution in [0.25, 0.3) is 10.8 Å². The van der Waals surface area contributed by atoms with Gasteiger partial charge in [0, 0.05) is 18.5 Å². The van der Waals surface area contributed by atoms with Gasteiger partial charge in [0.05, 0.1) is 0 Å². The lowest BCUT2D eigenvalue weighted by atomic mass is 10.2. The molecule has 4 heteroatoms. The van der Waals surface area contributed by atoms with E-state index in [9.17, 15) is 9.18 Å². The molecule has 76 valence electrons. The number of carbonyl (C=O) groups is 1. The molecule has 1 N–H and O–H groups in total. The molecule has 0 aliphatic heterocycles. The van der Waals surface area contributed by atoms with Crippen molar-refractivity contribution in [1.29, 1.82) is 0 Å². The van der Waals surface area contributed by atoms with Crippen LogP contribution in [-0.2, 0) is 4.79 Å². The van der Waals surface area contributed by atoms with Crippen molar-refractivity contribution in [2.24, 2.45) is 0 Å². The van der Waals surface area contributed by atoms with Gasteiger partial charge < -0.3 is 5.32 Å². The Bertz CT molecular complexity index is 525. The minimum atomic E-state index is -0.303. The molecule has 1 aromatic heterocycles. The first-order chi connectivity index (χ1) is 7.15. The maximum Gasteiger partial charge on any atom is 0.222 e. The van der Waals surface area contributed by atoms with Crippen molar-refractivity contribution in [3.63, 3.8) is 0 Å². The van der Waals surface area contributed by atoms with Gasteiger partial charge in [0.25, 0.3) is 0 Å². The maximum atomic E-state index is 12.9. The summed E-state index contributed by atoms with van der Waals surface area (Å²) in [6.45, 7) is 1.40. The summed E-state index contributed by atoms with van der Waals surface area (Å²) in [4.78, 5) is 14.8. The van der Waals surface area contributed by atoms with Crippen LogP contribution in [0.1, 0.15) is 6.92 Å². The van der Waals surface area contributed by atoms with Crippen LogP contribution in [0.3, 0.4) is 0 Å². The lowest BCUT2D eigenvalue weighted by Gasteiger charge is -2.02. The van der Waals surface area contributed by atoms with Crippen LogP contribution in [0.4, 0.5) is 10.2 Å². The molecule has 0 saturated heterocycles. The SMILES string of the molecule is CC(=O)Nc1cc2cc(F)ccc2cn1. The molecule has 1 amide bonds. The number of rotatable bonds is 1. The number of amides is 1. The molecule has 0 radical (unpaired) electrons. The molecule has 0 saturated carbocycles. The van der Waals surface area contributed by atoms with Crippen LogP contribution >= 0.6 is 0 Å². The topological polar surface area (TPSA) is 42.0 Å². The zero-order chi connectivity index (χ0) is 10.8. The van der Waals surface area contributed by atoms with E-state index in [2.05, 4.69) is 10.3 Å². The Kier molecular flexibility index (Phi) is 2.33. The number of benzene rings is 1. The number of hydrogen-bond acceptors (Lipinski definition) is 2. The van der Waals surface area contributed by atoms with Gasteiger partial charge in [-0.3, -0.25) is 4.79 Å². The highest BCUT2D eigenvalue weighted by Gasteiger charge is 2.00. The second-order valence-corrected chi connectivity index (χ2v) is 3.24. The smallest absolute Gasteiger partial charge is 0.222 e. The second kappa shape index (κ2) is 3.65. The predicted molar refractivity (Wildman–Crippen MR) is 56.0 cm³/mol. The van der Waals surface area contributed by atoms with Gasteiger partial charge in [-0.15, -0.1) is 0 Å². The van der Waals surface area contributed by atoms with Crippen molar-refractivity contribution in [2.75, 3.05) is 5.32 Å². The monoisotopic (exact) mass is 204 g/mol. The summed E-state index contributed by atoms with van der Waals surface area (Å²) in [6.07, 6.45) is 1.60. The van der Waals surface area contributed by atoms with Crippen LogP contribution in [0.5, 0.6) is 0 Å². The van der Waals surface area contributed by atoms with Crippen LogP contribution in [0, 0.1) is 5.82 Å². The average Bonchev–Trinajstić information content (AvgIpc) is 2.16. The number of halogens is 1. The summed E-state index contributed by atoms with van der Waals surface area (Å²) >= 11 is 0. The van der Waals surface area contributed by atoms with Gasteiger partial charge in [-0.1, -0.05) is 0 Å². The number of aromatic nitrogens is 1. The van der Waals surface area contributed by atoms with E-state index >= 15 is 0 Å². The van der Waals surface area contributed by atoms with Crippen molar-refractivity contribution >= 4 is 22.5 Å². The summed E-state index contributed by atoms with van der Waals surface area (Å²) in [6, 6.07) is 6.07. The van der Waals surface area contributed by atoms with Crippen molar-refractivity contribution in [3.8, 4) is 0 Å². The Balaban J connectivity index is 2.49. The normalized spacial score (nSPS) is 10.3. The first-order valence-electron chi connectivity index (χ1n) is 4.48. The Hall–Kier alpha value is -1.97. The highest BCUT2D eigenvalue weighted by molar-refractivity contribution is 5.91. The zero-order valence-electron chi connectivity index (χ0n) is 8.12. The van der Waals surface area contributed by atoms with E-state index in [1.54, 1.807) is 18.3 Å². The lowest BCUT2D eigenvalue weighted by molar-refractivity contribution is -0.114. The third-order valence-corrected chi connectivity index (χ3v) is 1.99. The van der Waals surface area contributed by atoms with E-state index in [4.69, 9.17) is 0 Å². The molecular weight excluding hydrogens is 195 g/mol. The largest absolute Gasteiger partial charge is 0.311 e. The molecule has 0 bridgehead atoms. The van der Waals surface area contributed by atoms with E-state index in [1.165, 1.54) is 19.1 Å². The minimum absolute atomic E-state index is 0.196. The first-order valence-corrected chi connectivity index (χ1v) is 4.48. The fourth-order valence-corrected chi connectivity index (χ4v) is 1.36. The van der Waals surface area contributed by atoms with Crippen LogP contribution < -0.4 is 5.32 Å². The van der Waals surface area contributed by atoms with Crippen LogP contribution in [0.15, 0.2) is 30.5 Å². The van der Waals surface area contributed by atoms with Crippen molar-refractivity contribution in [3.05, 3.63) is 36.3 Å². The third kappa shape index (κ3) is 2.10. The van der Waals surface area contributed by atoms with Gasteiger partial charge in [-0.2, -0.15) is 0 Å². The summed E-state index contributed by atoms with van der Waals surface area (Å²) in [7, 11) is 0. The average molecular weight is 204 g/mol. The van der Waals surface area contributed by atoms with Crippen molar-refractivity contribution < 1.29 is 9.18 Å². The second-order valence-electron chi connectivity index (χ2n) is 3.24. The standard InChI is InChI=1S/C11H9FN2O/c1-7(15)14-11-5-9-4-10(12)3-2-8(9)6-13-11/h2-6H,1H3,(H,13,14,15). The number of nitrogens with one attached hydrogen (secondary N) is 1. The summed E-state index contributed by atoms with van der Waals surface area (Å²) in [5.74, 6) is -0.0682. The summed E-state index contributed by atoms with van der Waals surface area (Å²) < 4.78 is 12.9. The number of anilines is 1. The molecule has 0 aliphatic rings. The molecule has 0 aliphatic carbocycles.